The molecule has 3 N–H and O–H groups in total. The van der Waals surface area contributed by atoms with Gasteiger partial charge in [0.05, 0.1) is 6.61 Å². The molecule has 0 saturated carbocycles. The smallest absolute Gasteiger partial charge is 0.247 e. The van der Waals surface area contributed by atoms with Crippen LogP contribution in [0.15, 0.2) is 30.6 Å². The minimum Gasteiger partial charge on any atom is -0.476 e. The van der Waals surface area contributed by atoms with E-state index < -0.39 is 0 Å². The van der Waals surface area contributed by atoms with Crippen LogP contribution in [0.3, 0.4) is 0 Å². The Kier molecular flexibility index (Phi) is 4.63. The number of nitrogens with two attached hydrogens (primary N) is 1. The molecule has 8 heteroatoms. The van der Waals surface area contributed by atoms with Crippen molar-refractivity contribution in [1.82, 2.24) is 18.9 Å². The number of aromatic nitrogens is 4. The van der Waals surface area contributed by atoms with E-state index >= 15 is 0 Å². The fourth-order valence-corrected chi connectivity index (χ4v) is 2.66. The highest BCUT2D eigenvalue weighted by atomic mass is 32.2. The lowest BCUT2D eigenvalue weighted by Crippen LogP contribution is -2.06. The van der Waals surface area contributed by atoms with Gasteiger partial charge in [0.2, 0.25) is 11.8 Å². The average molecular weight is 330 g/mol. The van der Waals surface area contributed by atoms with Crippen molar-refractivity contribution in [3.8, 4) is 5.88 Å². The second kappa shape index (κ2) is 6.84. The van der Waals surface area contributed by atoms with Crippen molar-refractivity contribution in [1.29, 1.82) is 0 Å². The Morgan fingerprint density at radius 3 is 2.87 bits per heavy atom. The molecule has 0 bridgehead atoms. The molecule has 120 valence electrons. The summed E-state index contributed by atoms with van der Waals surface area (Å²) in [6.45, 7) is 2.86. The summed E-state index contributed by atoms with van der Waals surface area (Å²) in [6, 6.07) is 7.81. The largest absolute Gasteiger partial charge is 0.476 e. The molecule has 0 aliphatic heterocycles. The minimum absolute atomic E-state index is 0.437. The third-order valence-corrected chi connectivity index (χ3v) is 3.96. The number of ether oxygens (including phenoxy) is 1. The predicted molar refractivity (Wildman–Crippen MR) is 93.0 cm³/mol. The van der Waals surface area contributed by atoms with Crippen LogP contribution in [-0.2, 0) is 6.54 Å². The molecule has 0 aliphatic rings. The van der Waals surface area contributed by atoms with Crippen molar-refractivity contribution in [2.45, 2.75) is 13.5 Å². The lowest BCUT2D eigenvalue weighted by molar-refractivity contribution is 0.330. The van der Waals surface area contributed by atoms with Crippen molar-refractivity contribution in [3.63, 3.8) is 0 Å². The number of nitrogens with one attached hydrogen (secondary N) is 1. The van der Waals surface area contributed by atoms with Gasteiger partial charge < -0.3 is 15.8 Å². The Morgan fingerprint density at radius 2 is 2.13 bits per heavy atom. The van der Waals surface area contributed by atoms with Crippen molar-refractivity contribution in [3.05, 3.63) is 36.2 Å². The van der Waals surface area contributed by atoms with Crippen LogP contribution in [-0.4, -0.2) is 31.8 Å². The molecule has 3 rings (SSSR count). The Hall–Kier alpha value is -2.32. The number of anilines is 2. The zero-order valence-corrected chi connectivity index (χ0v) is 13.8. The van der Waals surface area contributed by atoms with E-state index in [2.05, 4.69) is 20.3 Å². The first-order chi connectivity index (χ1) is 11.3. The van der Waals surface area contributed by atoms with Gasteiger partial charge in [-0.15, -0.1) is 0 Å². The lowest BCUT2D eigenvalue weighted by Gasteiger charge is -2.11. The van der Waals surface area contributed by atoms with Gasteiger partial charge in [-0.1, -0.05) is 18.2 Å². The summed E-state index contributed by atoms with van der Waals surface area (Å²) in [7, 11) is 0. The predicted octanol–water partition coefficient (Wildman–Crippen LogP) is 2.55. The molecule has 23 heavy (non-hydrogen) atoms. The van der Waals surface area contributed by atoms with Crippen molar-refractivity contribution in [2.75, 3.05) is 18.2 Å². The van der Waals surface area contributed by atoms with E-state index in [1.54, 1.807) is 6.33 Å². The second-order valence-corrected chi connectivity index (χ2v) is 5.46. The van der Waals surface area contributed by atoms with Gasteiger partial charge in [-0.3, -0.25) is 3.97 Å². The zero-order valence-electron chi connectivity index (χ0n) is 13.0. The first-order valence-corrected chi connectivity index (χ1v) is 8.42. The van der Waals surface area contributed by atoms with Crippen molar-refractivity contribution < 1.29 is 4.74 Å². The maximum atomic E-state index is 5.78. The summed E-state index contributed by atoms with van der Waals surface area (Å²) in [5.41, 5.74) is 9.02. The quantitative estimate of drug-likeness (QED) is 0.717. The molecule has 7 nitrogen and oxygen atoms in total. The molecule has 0 saturated heterocycles. The summed E-state index contributed by atoms with van der Waals surface area (Å²) < 4.78 is 7.49. The first-order valence-electron chi connectivity index (χ1n) is 7.24. The SMILES string of the molecule is CCOc1nc(Nc2ccccc2CN)nc2c1ncn2SC. The third kappa shape index (κ3) is 3.08. The van der Waals surface area contributed by atoms with E-state index in [0.717, 1.165) is 11.3 Å². The van der Waals surface area contributed by atoms with E-state index in [0.29, 0.717) is 36.1 Å². The molecule has 0 atom stereocenters. The zero-order chi connectivity index (χ0) is 16.2. The van der Waals surface area contributed by atoms with E-state index in [1.165, 1.54) is 11.9 Å². The van der Waals surface area contributed by atoms with Gasteiger partial charge in [0.15, 0.2) is 11.2 Å². The number of rotatable bonds is 6. The van der Waals surface area contributed by atoms with Gasteiger partial charge in [-0.2, -0.15) is 9.97 Å². The molecule has 0 fully saturated rings. The second-order valence-electron chi connectivity index (χ2n) is 4.70. The summed E-state index contributed by atoms with van der Waals surface area (Å²) >= 11 is 1.51. The standard InChI is InChI=1S/C15H18N6OS/c1-3-22-14-12-13(21(23-2)9-17-12)19-15(20-14)18-11-7-5-4-6-10(11)8-16/h4-7,9H,3,8,16H2,1-2H3,(H,18,19,20). The third-order valence-electron chi connectivity index (χ3n) is 3.30. The number of imidazole rings is 1. The minimum atomic E-state index is 0.437. The number of hydrogen-bond donors (Lipinski definition) is 2. The van der Waals surface area contributed by atoms with Crippen molar-refractivity contribution >= 4 is 34.7 Å². The molecule has 0 aliphatic carbocycles. The maximum absolute atomic E-state index is 5.78. The molecule has 0 amide bonds. The highest BCUT2D eigenvalue weighted by Crippen LogP contribution is 2.27. The Morgan fingerprint density at radius 1 is 1.30 bits per heavy atom. The van der Waals surface area contributed by atoms with E-state index in [1.807, 2.05) is 41.4 Å². The van der Waals surface area contributed by atoms with Gasteiger partial charge in [0.25, 0.3) is 0 Å². The van der Waals surface area contributed by atoms with E-state index in [-0.39, 0.29) is 0 Å². The van der Waals surface area contributed by atoms with Crippen LogP contribution in [0.2, 0.25) is 0 Å². The summed E-state index contributed by atoms with van der Waals surface area (Å²) in [5, 5.41) is 3.22. The van der Waals surface area contributed by atoms with Crippen LogP contribution < -0.4 is 15.8 Å². The average Bonchev–Trinajstić information content (AvgIpc) is 2.99. The number of fused-ring (bicyclic) bond motifs is 1. The fourth-order valence-electron chi connectivity index (χ4n) is 2.22. The summed E-state index contributed by atoms with van der Waals surface area (Å²) in [5.74, 6) is 0.927. The van der Waals surface area contributed by atoms with Gasteiger partial charge in [-0.05, 0) is 30.5 Å². The Labute approximate surface area is 138 Å². The Bertz CT molecular complexity index is 819. The number of para-hydroxylation sites is 1. The van der Waals surface area contributed by atoms with Crippen LogP contribution in [0.5, 0.6) is 5.88 Å². The molecular weight excluding hydrogens is 312 g/mol. The number of hydrogen-bond acceptors (Lipinski definition) is 7. The monoisotopic (exact) mass is 330 g/mol. The van der Waals surface area contributed by atoms with Crippen LogP contribution in [0.25, 0.3) is 11.2 Å². The number of nitrogens with zero attached hydrogens (tertiary/aromatic N) is 4. The molecule has 2 heterocycles. The van der Waals surface area contributed by atoms with Gasteiger partial charge in [-0.25, -0.2) is 4.98 Å². The molecule has 2 aromatic heterocycles. The molecule has 0 radical (unpaired) electrons. The van der Waals surface area contributed by atoms with E-state index in [4.69, 9.17) is 10.5 Å². The van der Waals surface area contributed by atoms with Crippen molar-refractivity contribution in [2.24, 2.45) is 5.73 Å². The number of benzene rings is 1. The topological polar surface area (TPSA) is 90.9 Å². The fraction of sp³-hybridized carbons (Fsp3) is 0.267. The van der Waals surface area contributed by atoms with Crippen LogP contribution in [0.4, 0.5) is 11.6 Å². The molecule has 1 aromatic carbocycles. The highest BCUT2D eigenvalue weighted by Gasteiger charge is 2.15. The Balaban J connectivity index is 2.06. The van der Waals surface area contributed by atoms with Crippen LogP contribution in [0, 0.1) is 0 Å². The highest BCUT2D eigenvalue weighted by molar-refractivity contribution is 7.97. The molecule has 0 spiro atoms. The first kappa shape index (κ1) is 15.6. The molecular formula is C15H18N6OS. The van der Waals surface area contributed by atoms with E-state index in [9.17, 15) is 0 Å². The normalized spacial score (nSPS) is 10.9. The van der Waals surface area contributed by atoms with Crippen LogP contribution in [0.1, 0.15) is 12.5 Å². The van der Waals surface area contributed by atoms with Crippen LogP contribution >= 0.6 is 11.9 Å². The lowest BCUT2D eigenvalue weighted by atomic mass is 10.2. The molecule has 0 unspecified atom stereocenters. The summed E-state index contributed by atoms with van der Waals surface area (Å²) in [6.07, 6.45) is 3.67. The van der Waals surface area contributed by atoms with Gasteiger partial charge >= 0.3 is 0 Å². The van der Waals surface area contributed by atoms with Gasteiger partial charge in [0, 0.05) is 18.5 Å². The van der Waals surface area contributed by atoms with Gasteiger partial charge in [0.1, 0.15) is 6.33 Å². The molecule has 3 aromatic rings. The maximum Gasteiger partial charge on any atom is 0.247 e. The summed E-state index contributed by atoms with van der Waals surface area (Å²) in [4.78, 5) is 13.3.